The van der Waals surface area contributed by atoms with Crippen LogP contribution < -0.4 is 5.32 Å². The van der Waals surface area contributed by atoms with Crippen LogP contribution in [-0.4, -0.2) is 52.7 Å². The maximum absolute atomic E-state index is 12.4. The number of carbonyl (C=O) groups excluding carboxylic acids is 1. The van der Waals surface area contributed by atoms with Crippen molar-refractivity contribution >= 4 is 6.03 Å². The molecule has 0 radical (unpaired) electrons. The fraction of sp³-hybridized carbons (Fsp3) is 0.722. The smallest absolute Gasteiger partial charge is 0.317 e. The van der Waals surface area contributed by atoms with Gasteiger partial charge in [0.2, 0.25) is 0 Å². The first-order valence-electron chi connectivity index (χ1n) is 9.18. The van der Waals surface area contributed by atoms with E-state index >= 15 is 0 Å². The van der Waals surface area contributed by atoms with Crippen molar-refractivity contribution in [3.63, 3.8) is 0 Å². The fourth-order valence-electron chi connectivity index (χ4n) is 3.35. The predicted octanol–water partition coefficient (Wildman–Crippen LogP) is 2.11. The van der Waals surface area contributed by atoms with Crippen LogP contribution in [0.5, 0.6) is 0 Å². The predicted molar refractivity (Wildman–Crippen MR) is 89.7 cm³/mol. The number of hydrogen-bond acceptors (Lipinski definition) is 4. The molecular formula is C18H26N4O2. The van der Waals surface area contributed by atoms with E-state index in [9.17, 15) is 4.79 Å². The second-order valence-electron chi connectivity index (χ2n) is 7.43. The lowest BCUT2D eigenvalue weighted by Gasteiger charge is -2.37. The summed E-state index contributed by atoms with van der Waals surface area (Å²) < 4.78 is 5.96. The van der Waals surface area contributed by atoms with Crippen LogP contribution in [0.1, 0.15) is 49.9 Å². The summed E-state index contributed by atoms with van der Waals surface area (Å²) in [6.45, 7) is 4.06. The first-order valence-corrected chi connectivity index (χ1v) is 9.18. The molecule has 1 aliphatic heterocycles. The number of nitrogens with zero attached hydrogens (tertiary/aromatic N) is 3. The first kappa shape index (κ1) is 15.8. The van der Waals surface area contributed by atoms with E-state index in [0.717, 1.165) is 24.4 Å². The average molecular weight is 330 g/mol. The van der Waals surface area contributed by atoms with Gasteiger partial charge in [-0.25, -0.2) is 14.8 Å². The van der Waals surface area contributed by atoms with Gasteiger partial charge in [0.05, 0.1) is 12.2 Å². The van der Waals surface area contributed by atoms with Crippen LogP contribution in [0.25, 0.3) is 0 Å². The number of carbonyl (C=O) groups is 1. The van der Waals surface area contributed by atoms with Gasteiger partial charge in [-0.3, -0.25) is 0 Å². The van der Waals surface area contributed by atoms with E-state index in [1.807, 2.05) is 24.2 Å². The van der Waals surface area contributed by atoms with E-state index in [-0.39, 0.29) is 18.2 Å². The second-order valence-corrected chi connectivity index (χ2v) is 7.43. The van der Waals surface area contributed by atoms with E-state index in [1.165, 1.54) is 25.7 Å². The molecule has 1 saturated heterocycles. The molecule has 0 spiro atoms. The third kappa shape index (κ3) is 3.86. The molecule has 130 valence electrons. The molecule has 1 aromatic heterocycles. The van der Waals surface area contributed by atoms with E-state index in [1.54, 1.807) is 0 Å². The monoisotopic (exact) mass is 330 g/mol. The summed E-state index contributed by atoms with van der Waals surface area (Å²) in [6.07, 6.45) is 9.82. The molecule has 0 aromatic carbocycles. The minimum absolute atomic E-state index is 0.0197. The van der Waals surface area contributed by atoms with Crippen molar-refractivity contribution in [2.75, 3.05) is 19.6 Å². The van der Waals surface area contributed by atoms with E-state index in [2.05, 4.69) is 15.3 Å². The number of rotatable bonds is 5. The third-order valence-electron chi connectivity index (χ3n) is 5.08. The average Bonchev–Trinajstić information content (AvgIpc) is 3.48. The van der Waals surface area contributed by atoms with Crippen molar-refractivity contribution < 1.29 is 9.53 Å². The first-order chi connectivity index (χ1) is 11.7. The molecule has 1 aromatic rings. The van der Waals surface area contributed by atoms with Gasteiger partial charge >= 0.3 is 6.03 Å². The fourth-order valence-corrected chi connectivity index (χ4v) is 3.35. The number of aromatic nitrogens is 2. The Morgan fingerprint density at radius 1 is 1.25 bits per heavy atom. The van der Waals surface area contributed by atoms with Gasteiger partial charge in [-0.15, -0.1) is 0 Å². The summed E-state index contributed by atoms with van der Waals surface area (Å²) in [4.78, 5) is 23.2. The minimum Gasteiger partial charge on any atom is -0.371 e. The van der Waals surface area contributed by atoms with Crippen molar-refractivity contribution in [2.24, 2.45) is 5.92 Å². The standard InChI is InChI=1S/C18H26N4O2/c1-12-10-22(11-16(24-12)14-2-3-14)18(23)19-7-6-13-8-20-17(21-9-13)15-4-5-15/h8-9,12,14-16H,2-7,10-11H2,1H3,(H,19,23)/t12-,16+/m0/s1. The lowest BCUT2D eigenvalue weighted by Crippen LogP contribution is -2.53. The van der Waals surface area contributed by atoms with Crippen LogP contribution in [-0.2, 0) is 11.2 Å². The molecule has 2 atom stereocenters. The highest BCUT2D eigenvalue weighted by atomic mass is 16.5. The van der Waals surface area contributed by atoms with Crippen molar-refractivity contribution in [3.8, 4) is 0 Å². The summed E-state index contributed by atoms with van der Waals surface area (Å²) in [7, 11) is 0. The van der Waals surface area contributed by atoms with Gasteiger partial charge in [0.1, 0.15) is 5.82 Å². The van der Waals surface area contributed by atoms with Gasteiger partial charge in [0.25, 0.3) is 0 Å². The molecule has 4 rings (SSSR count). The maximum Gasteiger partial charge on any atom is 0.317 e. The van der Waals surface area contributed by atoms with Crippen LogP contribution in [0.15, 0.2) is 12.4 Å². The lowest BCUT2D eigenvalue weighted by atomic mass is 10.1. The largest absolute Gasteiger partial charge is 0.371 e. The molecular weight excluding hydrogens is 304 g/mol. The molecule has 1 N–H and O–H groups in total. The van der Waals surface area contributed by atoms with E-state index < -0.39 is 0 Å². The van der Waals surface area contributed by atoms with Crippen LogP contribution in [0.2, 0.25) is 0 Å². The van der Waals surface area contributed by atoms with Crippen LogP contribution in [0, 0.1) is 5.92 Å². The summed E-state index contributed by atoms with van der Waals surface area (Å²) in [5.41, 5.74) is 1.07. The lowest BCUT2D eigenvalue weighted by molar-refractivity contribution is -0.0730. The van der Waals surface area contributed by atoms with E-state index in [0.29, 0.717) is 24.9 Å². The molecule has 3 aliphatic rings. The maximum atomic E-state index is 12.4. The van der Waals surface area contributed by atoms with Gasteiger partial charge in [-0.05, 0) is 50.5 Å². The van der Waals surface area contributed by atoms with Gasteiger partial charge in [-0.1, -0.05) is 0 Å². The summed E-state index contributed by atoms with van der Waals surface area (Å²) in [5.74, 6) is 2.21. The van der Waals surface area contributed by atoms with Gasteiger partial charge in [-0.2, -0.15) is 0 Å². The molecule has 6 heteroatoms. The second kappa shape index (κ2) is 6.67. The molecule has 2 aliphatic carbocycles. The molecule has 3 fully saturated rings. The van der Waals surface area contributed by atoms with Crippen molar-refractivity contribution in [2.45, 2.75) is 57.2 Å². The number of amides is 2. The zero-order chi connectivity index (χ0) is 16.5. The summed E-state index contributed by atoms with van der Waals surface area (Å²) in [5, 5.41) is 3.03. The molecule has 2 amide bonds. The Balaban J connectivity index is 1.23. The van der Waals surface area contributed by atoms with Crippen molar-refractivity contribution in [1.29, 1.82) is 0 Å². The quantitative estimate of drug-likeness (QED) is 0.898. The Labute approximate surface area is 143 Å². The number of morpholine rings is 1. The van der Waals surface area contributed by atoms with Crippen molar-refractivity contribution in [3.05, 3.63) is 23.8 Å². The number of ether oxygens (including phenoxy) is 1. The SMILES string of the molecule is C[C@H]1CN(C(=O)NCCc2cnc(C3CC3)nc2)C[C@H](C2CC2)O1. The Hall–Kier alpha value is -1.69. The van der Waals surface area contributed by atoms with Gasteiger partial charge in [0, 0.05) is 37.9 Å². The molecule has 6 nitrogen and oxygen atoms in total. The Morgan fingerprint density at radius 3 is 2.67 bits per heavy atom. The zero-order valence-electron chi connectivity index (χ0n) is 14.3. The topological polar surface area (TPSA) is 67.4 Å². The molecule has 0 unspecified atom stereocenters. The molecule has 0 bridgehead atoms. The highest BCUT2D eigenvalue weighted by molar-refractivity contribution is 5.74. The Kier molecular flexibility index (Phi) is 4.39. The van der Waals surface area contributed by atoms with Crippen LogP contribution in [0.4, 0.5) is 4.79 Å². The number of urea groups is 1. The number of hydrogen-bond donors (Lipinski definition) is 1. The normalized spacial score (nSPS) is 27.1. The van der Waals surface area contributed by atoms with Gasteiger partial charge < -0.3 is 15.0 Å². The minimum atomic E-state index is 0.0197. The molecule has 24 heavy (non-hydrogen) atoms. The highest BCUT2D eigenvalue weighted by Crippen LogP contribution is 2.37. The molecule has 2 heterocycles. The zero-order valence-corrected chi connectivity index (χ0v) is 14.3. The molecule has 2 saturated carbocycles. The third-order valence-corrected chi connectivity index (χ3v) is 5.08. The highest BCUT2D eigenvalue weighted by Gasteiger charge is 2.38. The number of nitrogens with one attached hydrogen (secondary N) is 1. The van der Waals surface area contributed by atoms with Crippen LogP contribution >= 0.6 is 0 Å². The summed E-state index contributed by atoms with van der Waals surface area (Å²) in [6, 6.07) is 0.0197. The van der Waals surface area contributed by atoms with Crippen LogP contribution in [0.3, 0.4) is 0 Å². The van der Waals surface area contributed by atoms with E-state index in [4.69, 9.17) is 4.74 Å². The van der Waals surface area contributed by atoms with Crippen molar-refractivity contribution in [1.82, 2.24) is 20.2 Å². The summed E-state index contributed by atoms with van der Waals surface area (Å²) >= 11 is 0. The Morgan fingerprint density at radius 2 is 2.00 bits per heavy atom. The Bertz CT molecular complexity index is 583. The van der Waals surface area contributed by atoms with Gasteiger partial charge in [0.15, 0.2) is 0 Å².